The predicted octanol–water partition coefficient (Wildman–Crippen LogP) is 1.92. The highest BCUT2D eigenvalue weighted by atomic mass is 16.4. The molecule has 1 atom stereocenters. The Bertz CT molecular complexity index is 1780. The van der Waals surface area contributed by atoms with Gasteiger partial charge in [-0.3, -0.25) is 9.59 Å². The lowest BCUT2D eigenvalue weighted by molar-refractivity contribution is 0.0695. The number of carbonyl (C=O) groups is 4. The van der Waals surface area contributed by atoms with Gasteiger partial charge in [-0.1, -0.05) is 24.3 Å². The molecule has 42 heavy (non-hydrogen) atoms. The Morgan fingerprint density at radius 2 is 1.90 bits per heavy atom. The topological polar surface area (TPSA) is 185 Å². The SMILES string of the molecule is Cc1c(C(=O)O)ccc2c1CC[C@@H]2NC(=O)c1cc(C(=O)NCc2ccc3c(c2)CN(C(N)=O)CC3)nc2ncnn12. The molecule has 13 heteroatoms. The molecule has 4 amide bonds. The molecule has 3 heterocycles. The number of urea groups is 1. The van der Waals surface area contributed by atoms with Gasteiger partial charge in [0.25, 0.3) is 17.6 Å². The smallest absolute Gasteiger partial charge is 0.335 e. The van der Waals surface area contributed by atoms with Crippen LogP contribution in [0, 0.1) is 6.92 Å². The molecule has 2 aliphatic rings. The van der Waals surface area contributed by atoms with E-state index >= 15 is 0 Å². The van der Waals surface area contributed by atoms with Crippen LogP contribution >= 0.6 is 0 Å². The zero-order valence-electron chi connectivity index (χ0n) is 22.8. The Morgan fingerprint density at radius 3 is 2.69 bits per heavy atom. The van der Waals surface area contributed by atoms with Gasteiger partial charge in [0.15, 0.2) is 0 Å². The fraction of sp³-hybridized carbons (Fsp3) is 0.276. The first-order valence-corrected chi connectivity index (χ1v) is 13.5. The summed E-state index contributed by atoms with van der Waals surface area (Å²) >= 11 is 0. The van der Waals surface area contributed by atoms with Gasteiger partial charge in [-0.25, -0.2) is 14.6 Å². The highest BCUT2D eigenvalue weighted by Crippen LogP contribution is 2.35. The number of carboxylic acids is 1. The summed E-state index contributed by atoms with van der Waals surface area (Å²) in [4.78, 5) is 59.7. The molecule has 1 aliphatic carbocycles. The molecular formula is C29H28N8O5. The van der Waals surface area contributed by atoms with Gasteiger partial charge in [0.05, 0.1) is 11.6 Å². The van der Waals surface area contributed by atoms with E-state index in [2.05, 4.69) is 25.7 Å². The van der Waals surface area contributed by atoms with Gasteiger partial charge in [0.2, 0.25) is 0 Å². The maximum atomic E-state index is 13.5. The predicted molar refractivity (Wildman–Crippen MR) is 149 cm³/mol. The summed E-state index contributed by atoms with van der Waals surface area (Å²) in [7, 11) is 0. The summed E-state index contributed by atoms with van der Waals surface area (Å²) in [6, 6.07) is 9.74. The minimum Gasteiger partial charge on any atom is -0.478 e. The van der Waals surface area contributed by atoms with E-state index in [1.807, 2.05) is 18.2 Å². The number of rotatable bonds is 6. The molecule has 4 aromatic rings. The average molecular weight is 569 g/mol. The van der Waals surface area contributed by atoms with Gasteiger partial charge in [0, 0.05) is 25.7 Å². The van der Waals surface area contributed by atoms with Gasteiger partial charge in [-0.15, -0.1) is 0 Å². The molecular weight excluding hydrogens is 540 g/mol. The van der Waals surface area contributed by atoms with Crippen LogP contribution in [0.25, 0.3) is 5.78 Å². The maximum absolute atomic E-state index is 13.5. The largest absolute Gasteiger partial charge is 0.478 e. The Morgan fingerprint density at radius 1 is 1.07 bits per heavy atom. The summed E-state index contributed by atoms with van der Waals surface area (Å²) in [6.07, 6.45) is 3.22. The molecule has 0 radical (unpaired) electrons. The Labute approximate surface area is 239 Å². The van der Waals surface area contributed by atoms with Crippen molar-refractivity contribution in [1.29, 1.82) is 0 Å². The number of nitrogens with two attached hydrogens (primary N) is 1. The third kappa shape index (κ3) is 4.89. The minimum atomic E-state index is -0.986. The van der Waals surface area contributed by atoms with E-state index in [0.29, 0.717) is 37.9 Å². The van der Waals surface area contributed by atoms with Crippen molar-refractivity contribution in [3.63, 3.8) is 0 Å². The van der Waals surface area contributed by atoms with Crippen LogP contribution in [0.4, 0.5) is 4.79 Å². The van der Waals surface area contributed by atoms with Crippen molar-refractivity contribution in [3.05, 3.63) is 93.1 Å². The number of aromatic carboxylic acids is 1. The number of benzene rings is 2. The van der Waals surface area contributed by atoms with Gasteiger partial charge < -0.3 is 26.4 Å². The van der Waals surface area contributed by atoms with Crippen molar-refractivity contribution in [2.24, 2.45) is 5.73 Å². The van der Waals surface area contributed by atoms with Crippen LogP contribution in [0.15, 0.2) is 42.7 Å². The number of nitrogens with zero attached hydrogens (tertiary/aromatic N) is 5. The van der Waals surface area contributed by atoms with E-state index in [1.165, 1.54) is 16.9 Å². The Balaban J connectivity index is 1.19. The van der Waals surface area contributed by atoms with Crippen LogP contribution in [0.5, 0.6) is 0 Å². The van der Waals surface area contributed by atoms with Crippen molar-refractivity contribution < 1.29 is 24.3 Å². The second kappa shape index (κ2) is 10.6. The molecule has 1 aliphatic heterocycles. The van der Waals surface area contributed by atoms with Crippen molar-refractivity contribution in [3.8, 4) is 0 Å². The summed E-state index contributed by atoms with van der Waals surface area (Å²) < 4.78 is 1.27. The number of primary amides is 1. The number of hydrogen-bond acceptors (Lipinski definition) is 7. The van der Waals surface area contributed by atoms with E-state index in [9.17, 15) is 24.3 Å². The molecule has 0 saturated heterocycles. The van der Waals surface area contributed by atoms with Crippen LogP contribution in [0.1, 0.15) is 77.2 Å². The molecule has 2 aromatic heterocycles. The normalized spacial score (nSPS) is 15.6. The third-order valence-electron chi connectivity index (χ3n) is 7.99. The lowest BCUT2D eigenvalue weighted by atomic mass is 9.97. The quantitative estimate of drug-likeness (QED) is 0.272. The van der Waals surface area contributed by atoms with Gasteiger partial charge in [-0.2, -0.15) is 14.6 Å². The Hall–Kier alpha value is -5.33. The molecule has 0 spiro atoms. The van der Waals surface area contributed by atoms with E-state index in [0.717, 1.165) is 27.8 Å². The standard InChI is InChI=1S/C29H28N8O5/c1-15-19-6-7-22(21(19)5-4-20(15)27(40)41)34-26(39)24-11-23(35-29-32-14-33-37(24)29)25(38)31-12-16-2-3-17-8-9-36(28(30)42)13-18(17)10-16/h2-5,10-11,14,22H,6-9,12-13H2,1H3,(H2,30,42)(H,31,38)(H,34,39)(H,40,41)/t22-/m0/s1. The summed E-state index contributed by atoms with van der Waals surface area (Å²) in [6.45, 7) is 2.98. The molecule has 6 rings (SSSR count). The van der Waals surface area contributed by atoms with E-state index in [4.69, 9.17) is 5.73 Å². The number of carbonyl (C=O) groups excluding carboxylic acids is 3. The highest BCUT2D eigenvalue weighted by Gasteiger charge is 2.29. The van der Waals surface area contributed by atoms with Crippen molar-refractivity contribution in [2.75, 3.05) is 6.54 Å². The minimum absolute atomic E-state index is 0.00674. The van der Waals surface area contributed by atoms with E-state index in [1.54, 1.807) is 24.0 Å². The van der Waals surface area contributed by atoms with E-state index < -0.39 is 23.8 Å². The molecule has 0 saturated carbocycles. The van der Waals surface area contributed by atoms with E-state index in [-0.39, 0.29) is 35.3 Å². The fourth-order valence-corrected chi connectivity index (χ4v) is 5.77. The zero-order chi connectivity index (χ0) is 29.5. The molecule has 214 valence electrons. The van der Waals surface area contributed by atoms with Crippen molar-refractivity contribution in [2.45, 2.75) is 45.3 Å². The first kappa shape index (κ1) is 26.9. The molecule has 0 unspecified atom stereocenters. The summed E-state index contributed by atoms with van der Waals surface area (Å²) in [5, 5.41) is 19.4. The monoisotopic (exact) mass is 568 g/mol. The van der Waals surface area contributed by atoms with Crippen molar-refractivity contribution >= 4 is 29.6 Å². The lowest BCUT2D eigenvalue weighted by Gasteiger charge is -2.27. The van der Waals surface area contributed by atoms with Gasteiger partial charge >= 0.3 is 12.0 Å². The third-order valence-corrected chi connectivity index (χ3v) is 7.99. The molecule has 2 aromatic carbocycles. The van der Waals surface area contributed by atoms with Crippen LogP contribution < -0.4 is 16.4 Å². The zero-order valence-corrected chi connectivity index (χ0v) is 22.8. The highest BCUT2D eigenvalue weighted by molar-refractivity contribution is 5.98. The van der Waals surface area contributed by atoms with Crippen LogP contribution in [-0.2, 0) is 25.9 Å². The molecule has 0 fully saturated rings. The Kier molecular flexibility index (Phi) is 6.77. The second-order valence-corrected chi connectivity index (χ2v) is 10.5. The number of amides is 4. The number of hydrogen-bond donors (Lipinski definition) is 4. The summed E-state index contributed by atoms with van der Waals surface area (Å²) in [5.74, 6) is -1.84. The number of aromatic nitrogens is 4. The maximum Gasteiger partial charge on any atom is 0.335 e. The fourth-order valence-electron chi connectivity index (χ4n) is 5.77. The van der Waals surface area contributed by atoms with Crippen LogP contribution in [0.3, 0.4) is 0 Å². The molecule has 0 bridgehead atoms. The lowest BCUT2D eigenvalue weighted by Crippen LogP contribution is -2.39. The number of carboxylic acid groups (broad SMARTS) is 1. The van der Waals surface area contributed by atoms with Gasteiger partial charge in [-0.05, 0) is 65.6 Å². The second-order valence-electron chi connectivity index (χ2n) is 10.5. The van der Waals surface area contributed by atoms with Crippen molar-refractivity contribution in [1.82, 2.24) is 35.1 Å². The molecule has 13 nitrogen and oxygen atoms in total. The molecule has 5 N–H and O–H groups in total. The van der Waals surface area contributed by atoms with Crippen LogP contribution in [0.2, 0.25) is 0 Å². The first-order valence-electron chi connectivity index (χ1n) is 13.5. The number of nitrogens with one attached hydrogen (secondary N) is 2. The first-order chi connectivity index (χ1) is 20.2. The number of fused-ring (bicyclic) bond motifs is 3. The van der Waals surface area contributed by atoms with Crippen LogP contribution in [-0.4, -0.2) is 59.9 Å². The summed E-state index contributed by atoms with van der Waals surface area (Å²) in [5.41, 5.74) is 11.2. The average Bonchev–Trinajstić information content (AvgIpc) is 3.62. The van der Waals surface area contributed by atoms with Gasteiger partial charge in [0.1, 0.15) is 17.7 Å².